The third kappa shape index (κ3) is 4.31. The van der Waals surface area contributed by atoms with Gasteiger partial charge in [-0.2, -0.15) is 0 Å². The summed E-state index contributed by atoms with van der Waals surface area (Å²) in [6.45, 7) is 6.40. The van der Waals surface area contributed by atoms with Crippen molar-refractivity contribution in [1.29, 1.82) is 0 Å². The minimum Gasteiger partial charge on any atom is -0.465 e. The number of hydrogen-bond acceptors (Lipinski definition) is 3. The molecule has 1 fully saturated rings. The van der Waals surface area contributed by atoms with Crippen molar-refractivity contribution in [2.24, 2.45) is 0 Å². The molecule has 1 aliphatic rings. The minimum absolute atomic E-state index is 0.156. The van der Waals surface area contributed by atoms with Gasteiger partial charge < -0.3 is 4.74 Å². The number of benzene rings is 1. The van der Waals surface area contributed by atoms with E-state index in [-0.39, 0.29) is 12.0 Å². The lowest BCUT2D eigenvalue weighted by atomic mass is 9.92. The first kappa shape index (κ1) is 16.0. The highest BCUT2D eigenvalue weighted by Crippen LogP contribution is 2.25. The van der Waals surface area contributed by atoms with Crippen molar-refractivity contribution >= 4 is 5.97 Å². The number of esters is 1. The molecule has 3 heteroatoms. The largest absolute Gasteiger partial charge is 0.465 e. The Morgan fingerprint density at radius 2 is 2.00 bits per heavy atom. The molecule has 0 amide bonds. The van der Waals surface area contributed by atoms with Crippen LogP contribution in [-0.2, 0) is 9.53 Å². The van der Waals surface area contributed by atoms with Gasteiger partial charge in [0.05, 0.1) is 6.61 Å². The quantitative estimate of drug-likeness (QED) is 0.837. The Hall–Kier alpha value is -1.35. The Kier molecular flexibility index (Phi) is 5.80. The molecule has 0 spiro atoms. The molecule has 1 aliphatic carbocycles. The van der Waals surface area contributed by atoms with E-state index in [4.69, 9.17) is 4.74 Å². The van der Waals surface area contributed by atoms with E-state index in [0.29, 0.717) is 12.6 Å². The third-order valence-electron chi connectivity index (χ3n) is 4.28. The number of carbonyl (C=O) groups is 1. The molecule has 1 aromatic rings. The first-order chi connectivity index (χ1) is 10.1. The second kappa shape index (κ2) is 7.60. The van der Waals surface area contributed by atoms with Crippen LogP contribution >= 0.6 is 0 Å². The number of nitrogens with one attached hydrogen (secondary N) is 1. The summed E-state index contributed by atoms with van der Waals surface area (Å²) in [6.07, 6.45) is 6.12. The average Bonchev–Trinajstić information content (AvgIpc) is 2.49. The number of aryl methyl sites for hydroxylation is 2. The molecule has 0 saturated heterocycles. The van der Waals surface area contributed by atoms with E-state index >= 15 is 0 Å². The molecule has 0 radical (unpaired) electrons. The van der Waals surface area contributed by atoms with Crippen LogP contribution in [0.4, 0.5) is 0 Å². The van der Waals surface area contributed by atoms with Gasteiger partial charge in [-0.25, -0.2) is 4.79 Å². The topological polar surface area (TPSA) is 38.3 Å². The molecule has 0 aromatic heterocycles. The van der Waals surface area contributed by atoms with E-state index < -0.39 is 0 Å². The third-order valence-corrected chi connectivity index (χ3v) is 4.28. The Labute approximate surface area is 128 Å². The molecular weight excluding hydrogens is 262 g/mol. The highest BCUT2D eigenvalue weighted by Gasteiger charge is 2.27. The van der Waals surface area contributed by atoms with Crippen molar-refractivity contribution in [3.63, 3.8) is 0 Å². The van der Waals surface area contributed by atoms with Crippen molar-refractivity contribution in [2.75, 3.05) is 6.61 Å². The highest BCUT2D eigenvalue weighted by atomic mass is 16.5. The van der Waals surface area contributed by atoms with E-state index in [1.165, 1.54) is 24.8 Å². The minimum atomic E-state index is -0.340. The smallest absolute Gasteiger partial charge is 0.327 e. The zero-order valence-corrected chi connectivity index (χ0v) is 13.4. The standard InChI is InChI=1S/C18H27NO2/c1-4-21-18(20)17(19-15-8-6-5-7-9-15)16-12-13(2)10-11-14(16)3/h10-12,15,17,19H,4-9H2,1-3H3. The summed E-state index contributed by atoms with van der Waals surface area (Å²) in [4.78, 5) is 12.4. The van der Waals surface area contributed by atoms with Gasteiger partial charge in [-0.3, -0.25) is 5.32 Å². The maximum absolute atomic E-state index is 12.4. The molecule has 1 aromatic carbocycles. The molecular formula is C18H27NO2. The fourth-order valence-corrected chi connectivity index (χ4v) is 3.09. The van der Waals surface area contributed by atoms with Crippen molar-refractivity contribution in [1.82, 2.24) is 5.32 Å². The van der Waals surface area contributed by atoms with E-state index in [0.717, 1.165) is 24.0 Å². The maximum atomic E-state index is 12.4. The molecule has 0 heterocycles. The summed E-state index contributed by atoms with van der Waals surface area (Å²) >= 11 is 0. The van der Waals surface area contributed by atoms with Crippen LogP contribution in [-0.4, -0.2) is 18.6 Å². The molecule has 0 aliphatic heterocycles. The normalized spacial score (nSPS) is 17.5. The van der Waals surface area contributed by atoms with Gasteiger partial charge in [0.25, 0.3) is 0 Å². The Balaban J connectivity index is 2.22. The average molecular weight is 289 g/mol. The van der Waals surface area contributed by atoms with Gasteiger partial charge in [0.15, 0.2) is 0 Å². The zero-order valence-electron chi connectivity index (χ0n) is 13.4. The summed E-state index contributed by atoms with van der Waals surface area (Å²) < 4.78 is 5.29. The van der Waals surface area contributed by atoms with Crippen molar-refractivity contribution in [3.05, 3.63) is 34.9 Å². The lowest BCUT2D eigenvalue weighted by Gasteiger charge is -2.28. The molecule has 0 bridgehead atoms. The summed E-state index contributed by atoms with van der Waals surface area (Å²) in [7, 11) is 0. The van der Waals surface area contributed by atoms with Gasteiger partial charge in [-0.05, 0) is 44.7 Å². The Morgan fingerprint density at radius 3 is 2.67 bits per heavy atom. The van der Waals surface area contributed by atoms with Crippen molar-refractivity contribution in [3.8, 4) is 0 Å². The van der Waals surface area contributed by atoms with Crippen LogP contribution in [0.3, 0.4) is 0 Å². The van der Waals surface area contributed by atoms with E-state index in [1.54, 1.807) is 0 Å². The van der Waals surface area contributed by atoms with Crippen LogP contribution in [0.1, 0.15) is 61.8 Å². The first-order valence-corrected chi connectivity index (χ1v) is 8.11. The SMILES string of the molecule is CCOC(=O)C(NC1CCCCC1)c1cc(C)ccc1C. The molecule has 1 atom stereocenters. The monoisotopic (exact) mass is 289 g/mol. The Bertz CT molecular complexity index is 478. The summed E-state index contributed by atoms with van der Waals surface area (Å²) in [5.41, 5.74) is 3.37. The maximum Gasteiger partial charge on any atom is 0.327 e. The van der Waals surface area contributed by atoms with E-state index in [9.17, 15) is 4.79 Å². The van der Waals surface area contributed by atoms with Gasteiger partial charge in [-0.15, -0.1) is 0 Å². The highest BCUT2D eigenvalue weighted by molar-refractivity contribution is 5.78. The predicted octanol–water partition coefficient (Wildman–Crippen LogP) is 3.83. The van der Waals surface area contributed by atoms with E-state index in [2.05, 4.69) is 37.4 Å². The van der Waals surface area contributed by atoms with Gasteiger partial charge in [-0.1, -0.05) is 43.0 Å². The van der Waals surface area contributed by atoms with Crippen LogP contribution in [0, 0.1) is 13.8 Å². The van der Waals surface area contributed by atoms with E-state index in [1.807, 2.05) is 6.92 Å². The number of rotatable bonds is 5. The lowest BCUT2D eigenvalue weighted by Crippen LogP contribution is -2.39. The second-order valence-electron chi connectivity index (χ2n) is 6.05. The number of carbonyl (C=O) groups excluding carboxylic acids is 1. The van der Waals surface area contributed by atoms with Gasteiger partial charge in [0.1, 0.15) is 6.04 Å². The molecule has 3 nitrogen and oxygen atoms in total. The summed E-state index contributed by atoms with van der Waals surface area (Å²) in [6, 6.07) is 6.36. The molecule has 2 rings (SSSR count). The predicted molar refractivity (Wildman–Crippen MR) is 85.3 cm³/mol. The van der Waals surface area contributed by atoms with Crippen LogP contribution in [0.2, 0.25) is 0 Å². The van der Waals surface area contributed by atoms with Crippen LogP contribution in [0.5, 0.6) is 0 Å². The Morgan fingerprint density at radius 1 is 1.29 bits per heavy atom. The van der Waals surface area contributed by atoms with Gasteiger partial charge in [0, 0.05) is 6.04 Å². The summed E-state index contributed by atoms with van der Waals surface area (Å²) in [5.74, 6) is -0.156. The molecule has 1 saturated carbocycles. The molecule has 1 unspecified atom stereocenters. The fourth-order valence-electron chi connectivity index (χ4n) is 3.09. The number of ether oxygens (including phenoxy) is 1. The van der Waals surface area contributed by atoms with Gasteiger partial charge in [0.2, 0.25) is 0 Å². The molecule has 116 valence electrons. The molecule has 1 N–H and O–H groups in total. The zero-order chi connectivity index (χ0) is 15.2. The number of hydrogen-bond donors (Lipinski definition) is 1. The second-order valence-corrected chi connectivity index (χ2v) is 6.05. The lowest BCUT2D eigenvalue weighted by molar-refractivity contribution is -0.146. The van der Waals surface area contributed by atoms with Crippen LogP contribution in [0.15, 0.2) is 18.2 Å². The van der Waals surface area contributed by atoms with Gasteiger partial charge >= 0.3 is 5.97 Å². The van der Waals surface area contributed by atoms with Crippen molar-refractivity contribution < 1.29 is 9.53 Å². The van der Waals surface area contributed by atoms with Crippen molar-refractivity contribution in [2.45, 2.75) is 65.0 Å². The van der Waals surface area contributed by atoms with Crippen LogP contribution in [0.25, 0.3) is 0 Å². The summed E-state index contributed by atoms with van der Waals surface area (Å²) in [5, 5.41) is 3.55. The molecule has 21 heavy (non-hydrogen) atoms. The van der Waals surface area contributed by atoms with Crippen LogP contribution < -0.4 is 5.32 Å². The fraction of sp³-hybridized carbons (Fsp3) is 0.611. The first-order valence-electron chi connectivity index (χ1n) is 8.11.